The second kappa shape index (κ2) is 3.53. The molecule has 0 amide bonds. The summed E-state index contributed by atoms with van der Waals surface area (Å²) >= 11 is 3.16. The topological polar surface area (TPSA) is 30.2 Å². The van der Waals surface area contributed by atoms with Crippen molar-refractivity contribution in [3.8, 4) is 0 Å². The van der Waals surface area contributed by atoms with Crippen LogP contribution >= 0.6 is 15.9 Å². The van der Waals surface area contributed by atoms with Crippen LogP contribution in [0.25, 0.3) is 11.0 Å². The van der Waals surface area contributed by atoms with E-state index in [1.807, 2.05) is 0 Å². The molecule has 0 saturated carbocycles. The van der Waals surface area contributed by atoms with Crippen molar-refractivity contribution in [2.45, 2.75) is 5.33 Å². The van der Waals surface area contributed by atoms with Crippen molar-refractivity contribution >= 4 is 26.9 Å². The summed E-state index contributed by atoms with van der Waals surface area (Å²) < 4.78 is 17.8. The molecule has 0 bridgehead atoms. The van der Waals surface area contributed by atoms with Crippen LogP contribution in [-0.2, 0) is 5.33 Å². The van der Waals surface area contributed by atoms with Gasteiger partial charge in [0.2, 0.25) is 0 Å². The van der Waals surface area contributed by atoms with E-state index in [4.69, 9.17) is 4.42 Å². The van der Waals surface area contributed by atoms with Crippen LogP contribution in [0.1, 0.15) is 5.56 Å². The van der Waals surface area contributed by atoms with E-state index >= 15 is 0 Å². The molecule has 0 atom stereocenters. The summed E-state index contributed by atoms with van der Waals surface area (Å²) in [6, 6.07) is 5.67. The van der Waals surface area contributed by atoms with Gasteiger partial charge in [0.15, 0.2) is 0 Å². The molecular formula is C10H6BrFO2. The van der Waals surface area contributed by atoms with Gasteiger partial charge in [-0.25, -0.2) is 9.18 Å². The van der Waals surface area contributed by atoms with Gasteiger partial charge in [0.05, 0.1) is 0 Å². The molecule has 0 aliphatic heterocycles. The highest BCUT2D eigenvalue weighted by Crippen LogP contribution is 2.15. The van der Waals surface area contributed by atoms with Crippen LogP contribution in [0.15, 0.2) is 33.5 Å². The van der Waals surface area contributed by atoms with Gasteiger partial charge in [-0.1, -0.05) is 15.9 Å². The zero-order valence-electron chi connectivity index (χ0n) is 7.09. The molecule has 0 aliphatic carbocycles. The Morgan fingerprint density at radius 2 is 2.14 bits per heavy atom. The summed E-state index contributed by atoms with van der Waals surface area (Å²) in [6.45, 7) is 0. The van der Waals surface area contributed by atoms with Crippen LogP contribution in [-0.4, -0.2) is 0 Å². The zero-order chi connectivity index (χ0) is 10.1. The largest absolute Gasteiger partial charge is 0.423 e. The Morgan fingerprint density at radius 1 is 1.36 bits per heavy atom. The van der Waals surface area contributed by atoms with Crippen molar-refractivity contribution in [1.82, 2.24) is 0 Å². The fourth-order valence-electron chi connectivity index (χ4n) is 1.23. The molecule has 0 N–H and O–H groups in total. The minimum absolute atomic E-state index is 0.341. The minimum Gasteiger partial charge on any atom is -0.423 e. The van der Waals surface area contributed by atoms with Crippen LogP contribution in [0.3, 0.4) is 0 Å². The first kappa shape index (κ1) is 9.40. The summed E-state index contributed by atoms with van der Waals surface area (Å²) in [5.74, 6) is -0.341. The lowest BCUT2D eigenvalue weighted by molar-refractivity contribution is 0.552. The second-order valence-electron chi connectivity index (χ2n) is 2.87. The highest BCUT2D eigenvalue weighted by Gasteiger charge is 2.04. The maximum Gasteiger partial charge on any atom is 0.340 e. The predicted molar refractivity (Wildman–Crippen MR) is 55.1 cm³/mol. The van der Waals surface area contributed by atoms with E-state index in [0.29, 0.717) is 21.9 Å². The maximum atomic E-state index is 12.8. The number of rotatable bonds is 1. The molecule has 72 valence electrons. The smallest absolute Gasteiger partial charge is 0.340 e. The lowest BCUT2D eigenvalue weighted by Crippen LogP contribution is -2.04. The van der Waals surface area contributed by atoms with Gasteiger partial charge in [0.1, 0.15) is 11.4 Å². The van der Waals surface area contributed by atoms with Gasteiger partial charge in [0.25, 0.3) is 0 Å². The molecule has 0 spiro atoms. The monoisotopic (exact) mass is 256 g/mol. The third-order valence-corrected chi connectivity index (χ3v) is 2.51. The maximum absolute atomic E-state index is 12.8. The van der Waals surface area contributed by atoms with Gasteiger partial charge >= 0.3 is 5.63 Å². The van der Waals surface area contributed by atoms with Crippen molar-refractivity contribution in [2.24, 2.45) is 0 Å². The van der Waals surface area contributed by atoms with Crippen LogP contribution < -0.4 is 5.63 Å². The summed E-state index contributed by atoms with van der Waals surface area (Å²) in [5, 5.41) is 1.00. The Bertz CT molecular complexity index is 533. The number of alkyl halides is 1. The van der Waals surface area contributed by atoms with Crippen LogP contribution in [0, 0.1) is 5.82 Å². The first-order chi connectivity index (χ1) is 6.70. The highest BCUT2D eigenvalue weighted by molar-refractivity contribution is 9.08. The molecule has 1 aromatic heterocycles. The van der Waals surface area contributed by atoms with Crippen LogP contribution in [0.5, 0.6) is 0 Å². The van der Waals surface area contributed by atoms with E-state index in [1.54, 1.807) is 6.07 Å². The van der Waals surface area contributed by atoms with Gasteiger partial charge in [-0.2, -0.15) is 0 Å². The fourth-order valence-corrected chi connectivity index (χ4v) is 1.62. The highest BCUT2D eigenvalue weighted by atomic mass is 79.9. The van der Waals surface area contributed by atoms with E-state index in [2.05, 4.69) is 15.9 Å². The standard InChI is InChI=1S/C10H6BrFO2/c11-5-7-3-6-4-8(12)1-2-9(6)14-10(7)13/h1-4H,5H2. The van der Waals surface area contributed by atoms with E-state index < -0.39 is 0 Å². The van der Waals surface area contributed by atoms with E-state index in [0.717, 1.165) is 0 Å². The molecule has 2 nitrogen and oxygen atoms in total. The van der Waals surface area contributed by atoms with Crippen molar-refractivity contribution in [3.05, 3.63) is 46.1 Å². The summed E-state index contributed by atoms with van der Waals surface area (Å²) in [4.78, 5) is 11.3. The molecule has 0 unspecified atom stereocenters. The van der Waals surface area contributed by atoms with Gasteiger partial charge in [0, 0.05) is 16.3 Å². The number of benzene rings is 1. The molecule has 0 radical (unpaired) electrons. The average molecular weight is 257 g/mol. The predicted octanol–water partition coefficient (Wildman–Crippen LogP) is 2.83. The summed E-state index contributed by atoms with van der Waals surface area (Å²) in [7, 11) is 0. The molecule has 14 heavy (non-hydrogen) atoms. The molecule has 0 saturated heterocycles. The average Bonchev–Trinajstić information content (AvgIpc) is 2.17. The normalized spacial score (nSPS) is 10.7. The molecule has 0 fully saturated rings. The Hall–Kier alpha value is -1.16. The van der Waals surface area contributed by atoms with Crippen molar-refractivity contribution < 1.29 is 8.81 Å². The quantitative estimate of drug-likeness (QED) is 0.580. The van der Waals surface area contributed by atoms with Crippen LogP contribution in [0.4, 0.5) is 4.39 Å². The Balaban J connectivity index is 2.80. The lowest BCUT2D eigenvalue weighted by atomic mass is 10.2. The molecule has 2 rings (SSSR count). The number of fused-ring (bicyclic) bond motifs is 1. The molecular weight excluding hydrogens is 251 g/mol. The van der Waals surface area contributed by atoms with Crippen molar-refractivity contribution in [2.75, 3.05) is 0 Å². The first-order valence-electron chi connectivity index (χ1n) is 3.99. The fraction of sp³-hybridized carbons (Fsp3) is 0.100. The number of hydrogen-bond donors (Lipinski definition) is 0. The molecule has 1 heterocycles. The molecule has 2 aromatic rings. The molecule has 1 aromatic carbocycles. The van der Waals surface area contributed by atoms with Crippen LogP contribution in [0.2, 0.25) is 0 Å². The zero-order valence-corrected chi connectivity index (χ0v) is 8.67. The molecule has 0 aliphatic rings. The molecule has 4 heteroatoms. The minimum atomic E-state index is -0.388. The summed E-state index contributed by atoms with van der Waals surface area (Å²) in [5.41, 5.74) is 0.505. The van der Waals surface area contributed by atoms with E-state index in [9.17, 15) is 9.18 Å². The number of halogens is 2. The Morgan fingerprint density at radius 3 is 2.86 bits per heavy atom. The van der Waals surface area contributed by atoms with Gasteiger partial charge < -0.3 is 4.42 Å². The number of hydrogen-bond acceptors (Lipinski definition) is 2. The van der Waals surface area contributed by atoms with Gasteiger partial charge in [-0.15, -0.1) is 0 Å². The van der Waals surface area contributed by atoms with E-state index in [1.165, 1.54) is 18.2 Å². The SMILES string of the molecule is O=c1oc2ccc(F)cc2cc1CBr. The van der Waals surface area contributed by atoms with Crippen molar-refractivity contribution in [1.29, 1.82) is 0 Å². The summed E-state index contributed by atoms with van der Waals surface area (Å²) in [6.07, 6.45) is 0. The Kier molecular flexibility index (Phi) is 2.37. The third-order valence-electron chi connectivity index (χ3n) is 1.91. The van der Waals surface area contributed by atoms with Crippen molar-refractivity contribution in [3.63, 3.8) is 0 Å². The van der Waals surface area contributed by atoms with Gasteiger partial charge in [-0.3, -0.25) is 0 Å². The Labute approximate surface area is 87.5 Å². The lowest BCUT2D eigenvalue weighted by Gasteiger charge is -1.98. The van der Waals surface area contributed by atoms with Gasteiger partial charge in [-0.05, 0) is 24.3 Å². The first-order valence-corrected chi connectivity index (χ1v) is 5.11. The second-order valence-corrected chi connectivity index (χ2v) is 3.44. The third kappa shape index (κ3) is 1.57. The van der Waals surface area contributed by atoms with E-state index in [-0.39, 0.29) is 11.4 Å².